The zero-order valence-corrected chi connectivity index (χ0v) is 9.28. The summed E-state index contributed by atoms with van der Waals surface area (Å²) in [5, 5.41) is 6.79. The normalized spacial score (nSPS) is 19.8. The molecule has 0 spiro atoms. The van der Waals surface area contributed by atoms with Gasteiger partial charge in [-0.3, -0.25) is 0 Å². The average Bonchev–Trinajstić information content (AvgIpc) is 2.27. The smallest absolute Gasteiger partial charge is 0.0459 e. The van der Waals surface area contributed by atoms with Crippen LogP contribution in [0.3, 0.4) is 0 Å². The number of hydrogen-bond acceptors (Lipinski definition) is 2. The predicted molar refractivity (Wildman–Crippen MR) is 57.6 cm³/mol. The molecule has 0 aromatic rings. The molecule has 0 amide bonds. The predicted octanol–water partition coefficient (Wildman–Crippen LogP) is 1.75. The zero-order chi connectivity index (χ0) is 9.84. The van der Waals surface area contributed by atoms with Crippen molar-refractivity contribution in [1.29, 1.82) is 0 Å². The number of hydrogen-bond donors (Lipinski definition) is 2. The maximum absolute atomic E-state index is 3.39. The first-order chi connectivity index (χ1) is 6.13. The summed E-state index contributed by atoms with van der Waals surface area (Å²) in [5.41, 5.74) is 3.19. The van der Waals surface area contributed by atoms with Gasteiger partial charge in [0.05, 0.1) is 0 Å². The van der Waals surface area contributed by atoms with Gasteiger partial charge in [-0.15, -0.1) is 0 Å². The van der Waals surface area contributed by atoms with Gasteiger partial charge in [0.2, 0.25) is 0 Å². The van der Waals surface area contributed by atoms with Crippen LogP contribution in [0.4, 0.5) is 0 Å². The molecule has 0 fully saturated rings. The van der Waals surface area contributed by atoms with Gasteiger partial charge in [-0.2, -0.15) is 0 Å². The summed E-state index contributed by atoms with van der Waals surface area (Å²) >= 11 is 0. The molecule has 0 aromatic heterocycles. The van der Waals surface area contributed by atoms with E-state index >= 15 is 0 Å². The summed E-state index contributed by atoms with van der Waals surface area (Å²) in [4.78, 5) is 0. The zero-order valence-electron chi connectivity index (χ0n) is 9.28. The minimum Gasteiger partial charge on any atom is -0.301 e. The van der Waals surface area contributed by atoms with Gasteiger partial charge in [0, 0.05) is 19.8 Å². The molecule has 2 N–H and O–H groups in total. The van der Waals surface area contributed by atoms with Gasteiger partial charge in [0.15, 0.2) is 0 Å². The Morgan fingerprint density at radius 3 is 1.54 bits per heavy atom. The molecule has 0 aliphatic carbocycles. The summed E-state index contributed by atoms with van der Waals surface area (Å²) in [7, 11) is 0. The van der Waals surface area contributed by atoms with E-state index in [1.807, 2.05) is 0 Å². The molecule has 0 aromatic carbocycles. The quantitative estimate of drug-likeness (QED) is 0.636. The Morgan fingerprint density at radius 2 is 1.23 bits per heavy atom. The van der Waals surface area contributed by atoms with Crippen molar-refractivity contribution in [1.82, 2.24) is 10.6 Å². The van der Waals surface area contributed by atoms with Crippen LogP contribution in [0.5, 0.6) is 0 Å². The van der Waals surface area contributed by atoms with Crippen LogP contribution in [0, 0.1) is 11.8 Å². The Bertz CT molecular complexity index is 172. The standard InChI is InChI=1S/C11H22N2/c1-8(2)10-5-12-7-13-6-11(10)9(3)4/h8-9,12-13H,5-7H2,1-4H3. The van der Waals surface area contributed by atoms with Crippen LogP contribution < -0.4 is 10.6 Å². The van der Waals surface area contributed by atoms with E-state index in [0.29, 0.717) is 11.8 Å². The van der Waals surface area contributed by atoms with Gasteiger partial charge < -0.3 is 10.6 Å². The highest BCUT2D eigenvalue weighted by Crippen LogP contribution is 2.21. The second kappa shape index (κ2) is 4.77. The Kier molecular flexibility index (Phi) is 3.94. The van der Waals surface area contributed by atoms with Crippen LogP contribution in [0.15, 0.2) is 11.1 Å². The minimum absolute atomic E-state index is 0.671. The Hall–Kier alpha value is -0.340. The first-order valence-electron chi connectivity index (χ1n) is 5.26. The highest BCUT2D eigenvalue weighted by atomic mass is 15.1. The molecule has 2 nitrogen and oxygen atoms in total. The third-order valence-electron chi connectivity index (χ3n) is 2.69. The molecule has 0 unspecified atom stereocenters. The Balaban J connectivity index is 2.85. The molecule has 0 atom stereocenters. The summed E-state index contributed by atoms with van der Waals surface area (Å²) in [6.45, 7) is 12.2. The van der Waals surface area contributed by atoms with E-state index in [2.05, 4.69) is 38.3 Å². The van der Waals surface area contributed by atoms with Crippen LogP contribution in [-0.2, 0) is 0 Å². The highest BCUT2D eigenvalue weighted by molar-refractivity contribution is 5.21. The van der Waals surface area contributed by atoms with Crippen molar-refractivity contribution >= 4 is 0 Å². The van der Waals surface area contributed by atoms with Crippen molar-refractivity contribution in [3.05, 3.63) is 11.1 Å². The molecule has 76 valence electrons. The molecule has 0 saturated heterocycles. The van der Waals surface area contributed by atoms with Crippen molar-refractivity contribution in [3.8, 4) is 0 Å². The molecule has 1 heterocycles. The van der Waals surface area contributed by atoms with E-state index in [0.717, 1.165) is 19.8 Å². The topological polar surface area (TPSA) is 24.1 Å². The third-order valence-corrected chi connectivity index (χ3v) is 2.69. The van der Waals surface area contributed by atoms with Gasteiger partial charge in [0.25, 0.3) is 0 Å². The summed E-state index contributed by atoms with van der Waals surface area (Å²) in [5.74, 6) is 1.34. The SMILES string of the molecule is CC(C)C1=C(C(C)C)CNCNC1. The van der Waals surface area contributed by atoms with Crippen LogP contribution in [0.2, 0.25) is 0 Å². The van der Waals surface area contributed by atoms with Gasteiger partial charge in [-0.05, 0) is 11.8 Å². The van der Waals surface area contributed by atoms with Crippen LogP contribution >= 0.6 is 0 Å². The van der Waals surface area contributed by atoms with E-state index in [1.54, 1.807) is 11.1 Å². The molecule has 1 aliphatic rings. The monoisotopic (exact) mass is 182 g/mol. The van der Waals surface area contributed by atoms with Crippen LogP contribution in [0.1, 0.15) is 27.7 Å². The third kappa shape index (κ3) is 2.82. The molecule has 0 radical (unpaired) electrons. The second-order valence-electron chi connectivity index (χ2n) is 4.39. The molecule has 13 heavy (non-hydrogen) atoms. The lowest BCUT2D eigenvalue weighted by atomic mass is 9.91. The lowest BCUT2D eigenvalue weighted by molar-refractivity contribution is 0.633. The molecule has 2 heteroatoms. The maximum Gasteiger partial charge on any atom is 0.0459 e. The van der Waals surface area contributed by atoms with Gasteiger partial charge >= 0.3 is 0 Å². The molecular weight excluding hydrogens is 160 g/mol. The minimum atomic E-state index is 0.671. The van der Waals surface area contributed by atoms with Crippen LogP contribution in [-0.4, -0.2) is 19.8 Å². The fourth-order valence-electron chi connectivity index (χ4n) is 1.86. The summed E-state index contributed by atoms with van der Waals surface area (Å²) < 4.78 is 0. The van der Waals surface area contributed by atoms with Gasteiger partial charge in [-0.1, -0.05) is 38.8 Å². The first kappa shape index (κ1) is 10.7. The fourth-order valence-corrected chi connectivity index (χ4v) is 1.86. The second-order valence-corrected chi connectivity index (χ2v) is 4.39. The van der Waals surface area contributed by atoms with Crippen LogP contribution in [0.25, 0.3) is 0 Å². The Morgan fingerprint density at radius 1 is 0.846 bits per heavy atom. The van der Waals surface area contributed by atoms with Crippen molar-refractivity contribution in [2.45, 2.75) is 27.7 Å². The largest absolute Gasteiger partial charge is 0.301 e. The van der Waals surface area contributed by atoms with Crippen molar-refractivity contribution in [2.75, 3.05) is 19.8 Å². The van der Waals surface area contributed by atoms with Crippen molar-refractivity contribution in [2.24, 2.45) is 11.8 Å². The van der Waals surface area contributed by atoms with E-state index in [-0.39, 0.29) is 0 Å². The maximum atomic E-state index is 3.39. The molecule has 1 rings (SSSR count). The fraction of sp³-hybridized carbons (Fsp3) is 0.818. The lowest BCUT2D eigenvalue weighted by Crippen LogP contribution is -2.27. The first-order valence-corrected chi connectivity index (χ1v) is 5.26. The average molecular weight is 182 g/mol. The van der Waals surface area contributed by atoms with Gasteiger partial charge in [0.1, 0.15) is 0 Å². The molecular formula is C11H22N2. The number of nitrogens with one attached hydrogen (secondary N) is 2. The molecule has 1 aliphatic heterocycles. The summed E-state index contributed by atoms with van der Waals surface area (Å²) in [6.07, 6.45) is 0. The Labute approximate surface area is 81.8 Å². The van der Waals surface area contributed by atoms with E-state index in [9.17, 15) is 0 Å². The van der Waals surface area contributed by atoms with Crippen molar-refractivity contribution < 1.29 is 0 Å². The lowest BCUT2D eigenvalue weighted by Gasteiger charge is -2.18. The van der Waals surface area contributed by atoms with Gasteiger partial charge in [-0.25, -0.2) is 0 Å². The van der Waals surface area contributed by atoms with E-state index in [4.69, 9.17) is 0 Å². The van der Waals surface area contributed by atoms with E-state index in [1.165, 1.54) is 0 Å². The summed E-state index contributed by atoms with van der Waals surface area (Å²) in [6, 6.07) is 0. The molecule has 0 saturated carbocycles. The number of rotatable bonds is 2. The molecule has 0 bridgehead atoms. The van der Waals surface area contributed by atoms with Crippen molar-refractivity contribution in [3.63, 3.8) is 0 Å². The van der Waals surface area contributed by atoms with E-state index < -0.39 is 0 Å². The highest BCUT2D eigenvalue weighted by Gasteiger charge is 2.15.